The van der Waals surface area contributed by atoms with Gasteiger partial charge in [-0.3, -0.25) is 0 Å². The molecule has 0 N–H and O–H groups in total. The lowest BCUT2D eigenvalue weighted by atomic mass is 10.1. The first-order valence-corrected chi connectivity index (χ1v) is 8.47. The molecule has 0 heterocycles. The van der Waals surface area contributed by atoms with Gasteiger partial charge in [0.25, 0.3) is 0 Å². The summed E-state index contributed by atoms with van der Waals surface area (Å²) in [6.45, 7) is 0. The molecule has 136 valence electrons. The monoisotopic (exact) mass is 378 g/mol. The van der Waals surface area contributed by atoms with E-state index in [0.29, 0.717) is 11.1 Å². The zero-order valence-electron chi connectivity index (χ0n) is 13.0. The maximum absolute atomic E-state index is 13.3. The fourth-order valence-corrected chi connectivity index (χ4v) is 3.62. The van der Waals surface area contributed by atoms with Crippen molar-refractivity contribution in [2.75, 3.05) is 0 Å². The smallest absolute Gasteiger partial charge is 0.170 e. The molecule has 0 radical (unpaired) electrons. The van der Waals surface area contributed by atoms with Crippen molar-refractivity contribution < 1.29 is 26.3 Å². The minimum absolute atomic E-state index is 0.0566. The maximum Gasteiger partial charge on any atom is 0.400 e. The topological polar surface area (TPSA) is 0 Å². The molecule has 0 spiro atoms. The van der Waals surface area contributed by atoms with E-state index in [2.05, 4.69) is 0 Å². The van der Waals surface area contributed by atoms with Gasteiger partial charge in [0.1, 0.15) is 10.5 Å². The Morgan fingerprint density at radius 1 is 0.600 bits per heavy atom. The van der Waals surface area contributed by atoms with Crippen LogP contribution in [0.25, 0.3) is 0 Å². The molecule has 0 aliphatic carbocycles. The molecule has 2 aromatic carbocycles. The van der Waals surface area contributed by atoms with E-state index in [0.717, 1.165) is 0 Å². The Morgan fingerprint density at radius 3 is 1.20 bits per heavy atom. The molecule has 0 bridgehead atoms. The van der Waals surface area contributed by atoms with Gasteiger partial charge < -0.3 is 0 Å². The number of rotatable bonds is 6. The molecule has 0 unspecified atom stereocenters. The van der Waals surface area contributed by atoms with Gasteiger partial charge in [-0.05, 0) is 24.0 Å². The second-order valence-corrected chi connectivity index (χ2v) is 6.99. The van der Waals surface area contributed by atoms with E-state index in [9.17, 15) is 26.3 Å². The van der Waals surface area contributed by atoms with Crippen LogP contribution in [0.3, 0.4) is 0 Å². The summed E-state index contributed by atoms with van der Waals surface area (Å²) in [5.74, 6) is 0. The highest BCUT2D eigenvalue weighted by molar-refractivity contribution is 8.00. The molecule has 25 heavy (non-hydrogen) atoms. The van der Waals surface area contributed by atoms with Crippen molar-refractivity contribution in [1.82, 2.24) is 0 Å². The number of benzene rings is 2. The summed E-state index contributed by atoms with van der Waals surface area (Å²) in [4.78, 5) is 0. The van der Waals surface area contributed by atoms with Gasteiger partial charge in [-0.25, -0.2) is 0 Å². The number of hydrogen-bond acceptors (Lipinski definition) is 1. The molecule has 0 fully saturated rings. The molecule has 0 saturated carbocycles. The maximum atomic E-state index is 13.3. The summed E-state index contributed by atoms with van der Waals surface area (Å²) < 4.78 is 79.8. The lowest BCUT2D eigenvalue weighted by molar-refractivity contribution is -0.135. The molecular weight excluding hydrogens is 362 g/mol. The van der Waals surface area contributed by atoms with Gasteiger partial charge in [0, 0.05) is 0 Å². The molecule has 0 aliphatic heterocycles. The van der Waals surface area contributed by atoms with E-state index in [-0.39, 0.29) is 11.8 Å². The quantitative estimate of drug-likeness (QED) is 0.550. The van der Waals surface area contributed by atoms with Gasteiger partial charge in [0.05, 0.1) is 0 Å². The zero-order chi connectivity index (χ0) is 18.5. The Labute approximate surface area is 146 Å². The molecule has 2 rings (SSSR count). The number of hydrogen-bond donors (Lipinski definition) is 0. The van der Waals surface area contributed by atoms with Crippen LogP contribution in [-0.4, -0.2) is 22.9 Å². The van der Waals surface area contributed by atoms with Crippen LogP contribution in [0.5, 0.6) is 0 Å². The lowest BCUT2D eigenvalue weighted by Crippen LogP contribution is -2.36. The zero-order valence-corrected chi connectivity index (χ0v) is 13.8. The van der Waals surface area contributed by atoms with Crippen molar-refractivity contribution in [3.63, 3.8) is 0 Å². The fraction of sp³-hybridized carbons (Fsp3) is 0.333. The fourth-order valence-electron chi connectivity index (χ4n) is 2.34. The molecule has 0 aliphatic rings. The van der Waals surface area contributed by atoms with Crippen molar-refractivity contribution in [1.29, 1.82) is 0 Å². The third kappa shape index (κ3) is 6.30. The van der Waals surface area contributed by atoms with Crippen LogP contribution in [0.15, 0.2) is 60.7 Å². The summed E-state index contributed by atoms with van der Waals surface area (Å²) in [5, 5.41) is -4.24. The van der Waals surface area contributed by atoms with Crippen LogP contribution in [0.1, 0.15) is 11.1 Å². The van der Waals surface area contributed by atoms with Crippen LogP contribution >= 0.6 is 11.8 Å². The number of thioether (sulfide) groups is 1. The standard InChI is InChI=1S/C18H16F6S/c19-17(20,21)15(11-13-7-3-1-4-8-13)25-16(18(22,23)24)12-14-9-5-2-6-10-14/h1-10,15-16H,11-12H2/t15-,16-/m1/s1. The summed E-state index contributed by atoms with van der Waals surface area (Å²) >= 11 is -0.0566. The summed E-state index contributed by atoms with van der Waals surface area (Å²) in [6.07, 6.45) is -10.4. The molecule has 0 saturated heterocycles. The summed E-state index contributed by atoms with van der Waals surface area (Å²) in [5.41, 5.74) is 0.718. The SMILES string of the molecule is FC(F)(F)[C@@H](Cc1ccccc1)S[C@H](Cc1ccccc1)C(F)(F)F. The van der Waals surface area contributed by atoms with Crippen molar-refractivity contribution in [2.45, 2.75) is 35.7 Å². The van der Waals surface area contributed by atoms with Gasteiger partial charge in [-0.1, -0.05) is 60.7 Å². The van der Waals surface area contributed by atoms with Crippen molar-refractivity contribution in [3.8, 4) is 0 Å². The number of halogens is 6. The molecule has 7 heteroatoms. The Morgan fingerprint density at radius 2 is 0.920 bits per heavy atom. The number of alkyl halides is 6. The highest BCUT2D eigenvalue weighted by Gasteiger charge is 2.48. The van der Waals surface area contributed by atoms with Crippen LogP contribution in [0.4, 0.5) is 26.3 Å². The largest absolute Gasteiger partial charge is 0.400 e. The lowest BCUT2D eigenvalue weighted by Gasteiger charge is -2.27. The average Bonchev–Trinajstić information content (AvgIpc) is 2.53. The van der Waals surface area contributed by atoms with Crippen molar-refractivity contribution in [2.24, 2.45) is 0 Å². The molecule has 2 atom stereocenters. The second kappa shape index (κ2) is 8.17. The third-order valence-electron chi connectivity index (χ3n) is 3.59. The van der Waals surface area contributed by atoms with Gasteiger partial charge in [-0.15, -0.1) is 11.8 Å². The highest BCUT2D eigenvalue weighted by atomic mass is 32.2. The first-order valence-electron chi connectivity index (χ1n) is 7.53. The van der Waals surface area contributed by atoms with Crippen molar-refractivity contribution >= 4 is 11.8 Å². The van der Waals surface area contributed by atoms with Gasteiger partial charge in [0.15, 0.2) is 0 Å². The van der Waals surface area contributed by atoms with Gasteiger partial charge in [0.2, 0.25) is 0 Å². The minimum Gasteiger partial charge on any atom is -0.170 e. The molecule has 0 aromatic heterocycles. The predicted molar refractivity (Wildman–Crippen MR) is 87.6 cm³/mol. The first-order chi connectivity index (χ1) is 11.7. The molecule has 0 amide bonds. The molecule has 0 nitrogen and oxygen atoms in total. The van der Waals surface area contributed by atoms with E-state index in [1.54, 1.807) is 36.4 Å². The van der Waals surface area contributed by atoms with Crippen LogP contribution in [0.2, 0.25) is 0 Å². The predicted octanol–water partition coefficient (Wildman–Crippen LogP) is 6.07. The molecule has 2 aromatic rings. The second-order valence-electron chi connectivity index (χ2n) is 5.58. The van der Waals surface area contributed by atoms with E-state index < -0.39 is 35.7 Å². The Bertz CT molecular complexity index is 579. The molecular formula is C18H16F6S. The van der Waals surface area contributed by atoms with E-state index in [1.807, 2.05) is 0 Å². The van der Waals surface area contributed by atoms with Crippen molar-refractivity contribution in [3.05, 3.63) is 71.8 Å². The summed E-state index contributed by atoms with van der Waals surface area (Å²) in [6, 6.07) is 15.5. The van der Waals surface area contributed by atoms with Gasteiger partial charge >= 0.3 is 12.4 Å². The summed E-state index contributed by atoms with van der Waals surface area (Å²) in [7, 11) is 0. The van der Waals surface area contributed by atoms with E-state index >= 15 is 0 Å². The van der Waals surface area contributed by atoms with Gasteiger partial charge in [-0.2, -0.15) is 26.3 Å². The minimum atomic E-state index is -4.72. The Kier molecular flexibility index (Phi) is 6.43. The van der Waals surface area contributed by atoms with Crippen LogP contribution < -0.4 is 0 Å². The normalized spacial score (nSPS) is 15.0. The highest BCUT2D eigenvalue weighted by Crippen LogP contribution is 2.42. The Hall–Kier alpha value is -1.63. The average molecular weight is 378 g/mol. The third-order valence-corrected chi connectivity index (χ3v) is 5.11. The van der Waals surface area contributed by atoms with Crippen LogP contribution in [0, 0.1) is 0 Å². The first kappa shape index (κ1) is 19.7. The Balaban J connectivity index is 2.20. The van der Waals surface area contributed by atoms with E-state index in [4.69, 9.17) is 0 Å². The van der Waals surface area contributed by atoms with E-state index in [1.165, 1.54) is 24.3 Å². The van der Waals surface area contributed by atoms with Crippen LogP contribution in [-0.2, 0) is 12.8 Å².